The van der Waals surface area contributed by atoms with Gasteiger partial charge in [-0.05, 0) is 23.8 Å². The molecule has 0 aliphatic heterocycles. The summed E-state index contributed by atoms with van der Waals surface area (Å²) in [5.74, 6) is -1.43. The first-order valence-electron chi connectivity index (χ1n) is 6.42. The molecule has 22 heavy (non-hydrogen) atoms. The van der Waals surface area contributed by atoms with Gasteiger partial charge in [-0.2, -0.15) is 0 Å². The fraction of sp³-hybridized carbons (Fsp3) is 0. The van der Waals surface area contributed by atoms with Gasteiger partial charge in [0.1, 0.15) is 4.88 Å². The lowest BCUT2D eigenvalue weighted by Crippen LogP contribution is -2.12. The molecule has 3 rings (SSSR count). The molecule has 0 atom stereocenters. The average Bonchev–Trinajstić information content (AvgIpc) is 3.17. The minimum atomic E-state index is -1.08. The number of hydrogen-bond acceptors (Lipinski definition) is 4. The van der Waals surface area contributed by atoms with Crippen molar-refractivity contribution in [3.63, 3.8) is 0 Å². The number of rotatable bonds is 4. The highest BCUT2D eigenvalue weighted by Crippen LogP contribution is 2.35. The number of nitrogens with one attached hydrogen (secondary N) is 1. The monoisotopic (exact) mass is 313 g/mol. The van der Waals surface area contributed by atoms with Crippen LogP contribution in [0.3, 0.4) is 0 Å². The summed E-state index contributed by atoms with van der Waals surface area (Å²) < 4.78 is 5.00. The van der Waals surface area contributed by atoms with Crippen molar-refractivity contribution in [2.45, 2.75) is 0 Å². The van der Waals surface area contributed by atoms with Gasteiger partial charge in [0.25, 0.3) is 5.91 Å². The van der Waals surface area contributed by atoms with Crippen molar-refractivity contribution >= 4 is 28.9 Å². The van der Waals surface area contributed by atoms with Gasteiger partial charge in [-0.25, -0.2) is 4.79 Å². The molecule has 0 saturated carbocycles. The predicted octanol–water partition coefficient (Wildman–Crippen LogP) is 3.96. The number of carboxylic acid groups (broad SMARTS) is 1. The number of furan rings is 1. The summed E-state index contributed by atoms with van der Waals surface area (Å²) in [5.41, 5.74) is 1.16. The Bertz CT molecular complexity index is 806. The molecule has 3 aromatic rings. The Hall–Kier alpha value is -2.86. The predicted molar refractivity (Wildman–Crippen MR) is 83.4 cm³/mol. The molecular weight excluding hydrogens is 302 g/mol. The number of carboxylic acids is 1. The van der Waals surface area contributed by atoms with Crippen molar-refractivity contribution in [2.75, 3.05) is 5.32 Å². The SMILES string of the molecule is O=C(Nc1cc(-c2ccccc2)sc1C(=O)O)c1ccco1. The maximum atomic E-state index is 12.0. The summed E-state index contributed by atoms with van der Waals surface area (Å²) in [6, 6.07) is 14.2. The van der Waals surface area contributed by atoms with E-state index in [0.717, 1.165) is 21.8 Å². The Kier molecular flexibility index (Phi) is 3.76. The molecule has 0 unspecified atom stereocenters. The van der Waals surface area contributed by atoms with Crippen LogP contribution in [0.15, 0.2) is 59.2 Å². The van der Waals surface area contributed by atoms with Crippen LogP contribution >= 0.6 is 11.3 Å². The van der Waals surface area contributed by atoms with Crippen LogP contribution in [0.1, 0.15) is 20.2 Å². The van der Waals surface area contributed by atoms with Crippen LogP contribution in [0.25, 0.3) is 10.4 Å². The summed E-state index contributed by atoms with van der Waals surface area (Å²) >= 11 is 1.12. The molecule has 6 heteroatoms. The third-order valence-corrected chi connectivity index (χ3v) is 4.15. The average molecular weight is 313 g/mol. The van der Waals surface area contributed by atoms with E-state index in [-0.39, 0.29) is 16.3 Å². The number of benzene rings is 1. The summed E-state index contributed by atoms with van der Waals surface area (Å²) in [7, 11) is 0. The van der Waals surface area contributed by atoms with Crippen LogP contribution in [0.5, 0.6) is 0 Å². The van der Waals surface area contributed by atoms with Gasteiger partial charge in [0, 0.05) is 4.88 Å². The lowest BCUT2D eigenvalue weighted by molar-refractivity contribution is 0.0703. The van der Waals surface area contributed by atoms with Gasteiger partial charge in [-0.3, -0.25) is 4.79 Å². The maximum absolute atomic E-state index is 12.0. The van der Waals surface area contributed by atoms with Gasteiger partial charge in [0.05, 0.1) is 12.0 Å². The van der Waals surface area contributed by atoms with Crippen molar-refractivity contribution in [3.8, 4) is 10.4 Å². The van der Waals surface area contributed by atoms with E-state index >= 15 is 0 Å². The van der Waals surface area contributed by atoms with Gasteiger partial charge in [-0.1, -0.05) is 30.3 Å². The summed E-state index contributed by atoms with van der Waals surface area (Å²) in [6.07, 6.45) is 1.38. The standard InChI is InChI=1S/C16H11NO4S/c18-15(12-7-4-8-21-12)17-11-9-13(22-14(11)16(19)20)10-5-2-1-3-6-10/h1-9H,(H,17,18)(H,19,20). The van der Waals surface area contributed by atoms with E-state index < -0.39 is 11.9 Å². The Morgan fingerprint density at radius 3 is 2.50 bits per heavy atom. The van der Waals surface area contributed by atoms with Gasteiger partial charge in [-0.15, -0.1) is 11.3 Å². The zero-order chi connectivity index (χ0) is 15.5. The number of hydrogen-bond donors (Lipinski definition) is 2. The smallest absolute Gasteiger partial charge is 0.348 e. The van der Waals surface area contributed by atoms with Crippen LogP contribution in [0.2, 0.25) is 0 Å². The summed E-state index contributed by atoms with van der Waals surface area (Å²) in [5, 5.41) is 11.9. The minimum absolute atomic E-state index is 0.0822. The fourth-order valence-corrected chi connectivity index (χ4v) is 2.94. The Morgan fingerprint density at radius 1 is 1.09 bits per heavy atom. The van der Waals surface area contributed by atoms with E-state index in [1.165, 1.54) is 12.3 Å². The van der Waals surface area contributed by atoms with Gasteiger partial charge in [0.2, 0.25) is 0 Å². The number of aromatic carboxylic acids is 1. The highest BCUT2D eigenvalue weighted by Gasteiger charge is 2.19. The lowest BCUT2D eigenvalue weighted by Gasteiger charge is -2.01. The summed E-state index contributed by atoms with van der Waals surface area (Å²) in [4.78, 5) is 24.2. The molecule has 0 radical (unpaired) electrons. The molecule has 2 heterocycles. The first kappa shape index (κ1) is 14.1. The van der Waals surface area contributed by atoms with Crippen molar-refractivity contribution in [2.24, 2.45) is 0 Å². The molecule has 0 saturated heterocycles. The Labute approximate surface area is 129 Å². The molecule has 5 nitrogen and oxygen atoms in total. The topological polar surface area (TPSA) is 79.5 Å². The van der Waals surface area contributed by atoms with Crippen LogP contribution in [-0.4, -0.2) is 17.0 Å². The quantitative estimate of drug-likeness (QED) is 0.764. The number of carbonyl (C=O) groups excluding carboxylic acids is 1. The second-order valence-corrected chi connectivity index (χ2v) is 5.51. The van der Waals surface area contributed by atoms with Crippen molar-refractivity contribution < 1.29 is 19.1 Å². The highest BCUT2D eigenvalue weighted by atomic mass is 32.1. The second-order valence-electron chi connectivity index (χ2n) is 4.46. The third-order valence-electron chi connectivity index (χ3n) is 2.98. The first-order valence-corrected chi connectivity index (χ1v) is 7.24. The molecule has 2 aromatic heterocycles. The van der Waals surface area contributed by atoms with E-state index in [2.05, 4.69) is 5.32 Å². The maximum Gasteiger partial charge on any atom is 0.348 e. The molecule has 0 bridgehead atoms. The van der Waals surface area contributed by atoms with Crippen molar-refractivity contribution in [1.82, 2.24) is 0 Å². The van der Waals surface area contributed by atoms with Crippen molar-refractivity contribution in [1.29, 1.82) is 0 Å². The molecule has 0 fully saturated rings. The molecule has 0 aliphatic carbocycles. The minimum Gasteiger partial charge on any atom is -0.477 e. The van der Waals surface area contributed by atoms with E-state index in [4.69, 9.17) is 4.42 Å². The zero-order valence-electron chi connectivity index (χ0n) is 11.3. The van der Waals surface area contributed by atoms with E-state index in [0.29, 0.717) is 0 Å². The Balaban J connectivity index is 1.95. The second kappa shape index (κ2) is 5.87. The fourth-order valence-electron chi connectivity index (χ4n) is 1.98. The number of amides is 1. The van der Waals surface area contributed by atoms with E-state index in [9.17, 15) is 14.7 Å². The molecule has 1 aromatic carbocycles. The van der Waals surface area contributed by atoms with Gasteiger partial charge in [0.15, 0.2) is 5.76 Å². The zero-order valence-corrected chi connectivity index (χ0v) is 12.1. The lowest BCUT2D eigenvalue weighted by atomic mass is 10.2. The molecule has 1 amide bonds. The molecule has 2 N–H and O–H groups in total. The molecule has 110 valence electrons. The third kappa shape index (κ3) is 2.77. The van der Waals surface area contributed by atoms with Crippen molar-refractivity contribution in [3.05, 3.63) is 65.4 Å². The number of thiophene rings is 1. The van der Waals surface area contributed by atoms with Crippen LogP contribution in [0.4, 0.5) is 5.69 Å². The summed E-state index contributed by atoms with van der Waals surface area (Å²) in [6.45, 7) is 0. The molecular formula is C16H11NO4S. The van der Waals surface area contributed by atoms with E-state index in [1.54, 1.807) is 12.1 Å². The van der Waals surface area contributed by atoms with Gasteiger partial charge >= 0.3 is 5.97 Å². The Morgan fingerprint density at radius 2 is 1.86 bits per heavy atom. The van der Waals surface area contributed by atoms with Crippen LogP contribution in [0, 0.1) is 0 Å². The largest absolute Gasteiger partial charge is 0.477 e. The molecule has 0 spiro atoms. The number of anilines is 1. The normalized spacial score (nSPS) is 10.4. The van der Waals surface area contributed by atoms with Gasteiger partial charge < -0.3 is 14.8 Å². The number of carbonyl (C=O) groups is 2. The van der Waals surface area contributed by atoms with E-state index in [1.807, 2.05) is 30.3 Å². The molecule has 0 aliphatic rings. The van der Waals surface area contributed by atoms with Crippen LogP contribution in [-0.2, 0) is 0 Å². The highest BCUT2D eigenvalue weighted by molar-refractivity contribution is 7.18. The first-order chi connectivity index (χ1) is 10.6. The van der Waals surface area contributed by atoms with Crippen LogP contribution < -0.4 is 5.32 Å².